The summed E-state index contributed by atoms with van der Waals surface area (Å²) in [5.41, 5.74) is 0.860. The van der Waals surface area contributed by atoms with E-state index in [1.54, 1.807) is 12.3 Å². The van der Waals surface area contributed by atoms with Crippen molar-refractivity contribution >= 4 is 35.0 Å². The fourth-order valence-corrected chi connectivity index (χ4v) is 2.44. The molecular formula is C11H9Cl2N3S. The van der Waals surface area contributed by atoms with Gasteiger partial charge in [0.1, 0.15) is 21.0 Å². The molecule has 88 valence electrons. The highest BCUT2D eigenvalue weighted by Gasteiger charge is 2.09. The highest BCUT2D eigenvalue weighted by atomic mass is 35.5. The van der Waals surface area contributed by atoms with Crippen LogP contribution in [0.2, 0.25) is 10.2 Å². The second-order valence-electron chi connectivity index (χ2n) is 3.41. The SMILES string of the molecule is Cc1nc(Cl)c(C)c(Sc2ccc(Cl)cn2)n1. The number of pyridine rings is 1. The van der Waals surface area contributed by atoms with Gasteiger partial charge in [0.25, 0.3) is 0 Å². The molecule has 2 aromatic heterocycles. The number of halogens is 2. The van der Waals surface area contributed by atoms with Gasteiger partial charge in [-0.1, -0.05) is 23.2 Å². The molecule has 0 aliphatic carbocycles. The van der Waals surface area contributed by atoms with Gasteiger partial charge in [-0.05, 0) is 37.7 Å². The Labute approximate surface area is 114 Å². The largest absolute Gasteiger partial charge is 0.248 e. The lowest BCUT2D eigenvalue weighted by Gasteiger charge is -2.06. The lowest BCUT2D eigenvalue weighted by Crippen LogP contribution is -1.95. The Morgan fingerprint density at radius 3 is 2.53 bits per heavy atom. The zero-order valence-electron chi connectivity index (χ0n) is 9.24. The fourth-order valence-electron chi connectivity index (χ4n) is 1.19. The average molecular weight is 286 g/mol. The molecule has 0 unspecified atom stereocenters. The minimum atomic E-state index is 0.481. The molecule has 0 amide bonds. The molecule has 6 heteroatoms. The molecule has 3 nitrogen and oxygen atoms in total. The van der Waals surface area contributed by atoms with Gasteiger partial charge in [-0.15, -0.1) is 0 Å². The van der Waals surface area contributed by atoms with Crippen molar-refractivity contribution in [3.05, 3.63) is 39.9 Å². The number of rotatable bonds is 2. The van der Waals surface area contributed by atoms with Gasteiger partial charge in [-0.2, -0.15) is 0 Å². The highest BCUT2D eigenvalue weighted by Crippen LogP contribution is 2.30. The Hall–Kier alpha value is -0.840. The van der Waals surface area contributed by atoms with Crippen LogP contribution in [0.1, 0.15) is 11.4 Å². The quantitative estimate of drug-likeness (QED) is 0.784. The van der Waals surface area contributed by atoms with Crippen molar-refractivity contribution in [1.29, 1.82) is 0 Å². The van der Waals surface area contributed by atoms with Crippen molar-refractivity contribution < 1.29 is 0 Å². The Bertz CT molecular complexity index is 543. The van der Waals surface area contributed by atoms with E-state index in [1.165, 1.54) is 11.8 Å². The minimum absolute atomic E-state index is 0.481. The molecule has 0 aliphatic rings. The summed E-state index contributed by atoms with van der Waals surface area (Å²) >= 11 is 13.2. The summed E-state index contributed by atoms with van der Waals surface area (Å²) in [7, 11) is 0. The molecule has 0 bridgehead atoms. The van der Waals surface area contributed by atoms with Crippen molar-refractivity contribution in [2.45, 2.75) is 23.9 Å². The van der Waals surface area contributed by atoms with Gasteiger partial charge in [-0.25, -0.2) is 15.0 Å². The summed E-state index contributed by atoms with van der Waals surface area (Å²) in [5.74, 6) is 0.650. The maximum Gasteiger partial charge on any atom is 0.136 e. The van der Waals surface area contributed by atoms with Gasteiger partial charge in [0.2, 0.25) is 0 Å². The van der Waals surface area contributed by atoms with Crippen LogP contribution in [0.5, 0.6) is 0 Å². The first-order valence-corrected chi connectivity index (χ1v) is 6.43. The zero-order chi connectivity index (χ0) is 12.4. The second kappa shape index (κ2) is 5.21. The van der Waals surface area contributed by atoms with Crippen molar-refractivity contribution in [2.75, 3.05) is 0 Å². The van der Waals surface area contributed by atoms with Crippen LogP contribution >= 0.6 is 35.0 Å². The first kappa shape index (κ1) is 12.6. The standard InChI is InChI=1S/C11H9Cl2N3S/c1-6-10(13)15-7(2)16-11(6)17-9-4-3-8(12)5-14-9/h3-5H,1-2H3. The molecular weight excluding hydrogens is 277 g/mol. The molecule has 2 rings (SSSR count). The minimum Gasteiger partial charge on any atom is -0.248 e. The third kappa shape index (κ3) is 3.09. The van der Waals surface area contributed by atoms with Gasteiger partial charge in [-0.3, -0.25) is 0 Å². The topological polar surface area (TPSA) is 38.7 Å². The van der Waals surface area contributed by atoms with Crippen LogP contribution in [-0.4, -0.2) is 15.0 Å². The van der Waals surface area contributed by atoms with Crippen molar-refractivity contribution in [2.24, 2.45) is 0 Å². The normalized spacial score (nSPS) is 10.6. The third-order valence-corrected chi connectivity index (χ3v) is 3.69. The van der Waals surface area contributed by atoms with Crippen LogP contribution < -0.4 is 0 Å². The van der Waals surface area contributed by atoms with Gasteiger partial charge in [0.15, 0.2) is 0 Å². The highest BCUT2D eigenvalue weighted by molar-refractivity contribution is 7.99. The lowest BCUT2D eigenvalue weighted by atomic mass is 10.4. The Morgan fingerprint density at radius 2 is 1.88 bits per heavy atom. The van der Waals surface area contributed by atoms with Crippen LogP contribution in [0.25, 0.3) is 0 Å². The summed E-state index contributed by atoms with van der Waals surface area (Å²) < 4.78 is 0. The number of aromatic nitrogens is 3. The molecule has 0 radical (unpaired) electrons. The first-order chi connectivity index (χ1) is 8.06. The summed E-state index contributed by atoms with van der Waals surface area (Å²) in [6.45, 7) is 3.70. The van der Waals surface area contributed by atoms with Crippen molar-refractivity contribution in [1.82, 2.24) is 15.0 Å². The number of hydrogen-bond donors (Lipinski definition) is 0. The van der Waals surface area contributed by atoms with Gasteiger partial charge in [0, 0.05) is 11.8 Å². The molecule has 2 heterocycles. The van der Waals surface area contributed by atoms with E-state index in [0.717, 1.165) is 15.6 Å². The van der Waals surface area contributed by atoms with Crippen molar-refractivity contribution in [3.63, 3.8) is 0 Å². The van der Waals surface area contributed by atoms with Crippen LogP contribution in [0.3, 0.4) is 0 Å². The van der Waals surface area contributed by atoms with E-state index in [-0.39, 0.29) is 0 Å². The van der Waals surface area contributed by atoms with Crippen molar-refractivity contribution in [3.8, 4) is 0 Å². The van der Waals surface area contributed by atoms with Crippen LogP contribution in [0.4, 0.5) is 0 Å². The molecule has 0 atom stereocenters. The summed E-state index contributed by atoms with van der Waals surface area (Å²) in [5, 5.41) is 2.74. The van der Waals surface area contributed by atoms with E-state index < -0.39 is 0 Å². The molecule has 0 N–H and O–H groups in total. The molecule has 0 fully saturated rings. The number of nitrogens with zero attached hydrogens (tertiary/aromatic N) is 3. The second-order valence-corrected chi connectivity index (χ2v) is 5.21. The van der Waals surface area contributed by atoms with E-state index in [1.807, 2.05) is 19.9 Å². The van der Waals surface area contributed by atoms with Crippen LogP contribution in [0, 0.1) is 13.8 Å². The molecule has 0 saturated carbocycles. The van der Waals surface area contributed by atoms with E-state index in [0.29, 0.717) is 16.0 Å². The fraction of sp³-hybridized carbons (Fsp3) is 0.182. The summed E-state index contributed by atoms with van der Waals surface area (Å²) in [6.07, 6.45) is 1.61. The van der Waals surface area contributed by atoms with E-state index in [4.69, 9.17) is 23.2 Å². The predicted molar refractivity (Wildman–Crippen MR) is 69.9 cm³/mol. The maximum absolute atomic E-state index is 6.00. The monoisotopic (exact) mass is 285 g/mol. The molecule has 2 aromatic rings. The summed E-state index contributed by atoms with van der Waals surface area (Å²) in [6, 6.07) is 3.64. The van der Waals surface area contributed by atoms with Crippen LogP contribution in [-0.2, 0) is 0 Å². The average Bonchev–Trinajstić information content (AvgIpc) is 2.28. The molecule has 0 aromatic carbocycles. The van der Waals surface area contributed by atoms with Crippen LogP contribution in [0.15, 0.2) is 28.4 Å². The smallest absolute Gasteiger partial charge is 0.136 e. The van der Waals surface area contributed by atoms with E-state index in [2.05, 4.69) is 15.0 Å². The van der Waals surface area contributed by atoms with E-state index >= 15 is 0 Å². The Kier molecular flexibility index (Phi) is 3.86. The van der Waals surface area contributed by atoms with Gasteiger partial charge < -0.3 is 0 Å². The van der Waals surface area contributed by atoms with Gasteiger partial charge in [0.05, 0.1) is 5.02 Å². The van der Waals surface area contributed by atoms with Gasteiger partial charge >= 0.3 is 0 Å². The number of hydrogen-bond acceptors (Lipinski definition) is 4. The maximum atomic E-state index is 6.00. The zero-order valence-corrected chi connectivity index (χ0v) is 11.6. The number of aryl methyl sites for hydroxylation is 1. The molecule has 0 saturated heterocycles. The molecule has 0 spiro atoms. The Balaban J connectivity index is 2.32. The predicted octanol–water partition coefficient (Wildman–Crippen LogP) is 3.95. The van der Waals surface area contributed by atoms with E-state index in [9.17, 15) is 0 Å². The summed E-state index contributed by atoms with van der Waals surface area (Å²) in [4.78, 5) is 12.6. The third-order valence-electron chi connectivity index (χ3n) is 2.06. The lowest BCUT2D eigenvalue weighted by molar-refractivity contribution is 0.935. The first-order valence-electron chi connectivity index (χ1n) is 4.86. The molecule has 0 aliphatic heterocycles. The Morgan fingerprint density at radius 1 is 1.12 bits per heavy atom. The molecule has 17 heavy (non-hydrogen) atoms.